The van der Waals surface area contributed by atoms with Crippen LogP contribution in [0.4, 0.5) is 28.4 Å². The van der Waals surface area contributed by atoms with Crippen molar-refractivity contribution in [3.8, 4) is 17.2 Å². The molecule has 0 saturated heterocycles. The van der Waals surface area contributed by atoms with Gasteiger partial charge in [-0.25, -0.2) is 16.8 Å². The van der Waals surface area contributed by atoms with E-state index in [0.717, 1.165) is 6.07 Å². The monoisotopic (exact) mass is 659 g/mol. The van der Waals surface area contributed by atoms with Crippen molar-refractivity contribution in [3.05, 3.63) is 60.2 Å². The number of aromatic hydroxyl groups is 1. The summed E-state index contributed by atoms with van der Waals surface area (Å²) in [6.07, 6.45) is 0. The molecule has 0 aliphatic rings. The number of anilines is 1. The average molecular weight is 660 g/mol. The number of hydrogen-bond acceptors (Lipinski definition) is 15. The molecule has 0 amide bonds. The maximum Gasteiger partial charge on any atom is 1.00 e. The third-order valence-electron chi connectivity index (χ3n) is 5.78. The Morgan fingerprint density at radius 1 is 0.841 bits per heavy atom. The van der Waals surface area contributed by atoms with Crippen LogP contribution < -0.4 is 74.3 Å². The molecule has 0 spiro atoms. The van der Waals surface area contributed by atoms with E-state index in [1.54, 1.807) is 19.1 Å². The molecule has 4 aromatic carbocycles. The Morgan fingerprint density at radius 3 is 2.02 bits per heavy atom. The molecule has 0 unspecified atom stereocenters. The Kier molecular flexibility index (Phi) is 12.6. The van der Waals surface area contributed by atoms with E-state index in [1.807, 2.05) is 0 Å². The quantitative estimate of drug-likeness (QED) is 0.0697. The Morgan fingerprint density at radius 2 is 1.45 bits per heavy atom. The summed E-state index contributed by atoms with van der Waals surface area (Å²) in [5.41, 5.74) is 6.97. The molecule has 0 fully saturated rings. The molecule has 15 nitrogen and oxygen atoms in total. The van der Waals surface area contributed by atoms with Crippen molar-refractivity contribution in [2.75, 3.05) is 12.8 Å². The van der Waals surface area contributed by atoms with Crippen LogP contribution in [-0.2, 0) is 25.0 Å². The van der Waals surface area contributed by atoms with Gasteiger partial charge < -0.3 is 29.4 Å². The van der Waals surface area contributed by atoms with Crippen LogP contribution in [0.1, 0.15) is 5.56 Å². The second-order valence-corrected chi connectivity index (χ2v) is 11.2. The summed E-state index contributed by atoms with van der Waals surface area (Å²) in [4.78, 5) is 8.48. The molecule has 218 valence electrons. The topological polar surface area (TPSA) is 246 Å². The van der Waals surface area contributed by atoms with Crippen LogP contribution in [0.15, 0.2) is 84.8 Å². The van der Waals surface area contributed by atoms with Crippen LogP contribution in [0.25, 0.3) is 10.8 Å². The van der Waals surface area contributed by atoms with E-state index in [9.17, 15) is 35.8 Å². The number of nitrogens with two attached hydrogens (primary N) is 1. The van der Waals surface area contributed by atoms with Gasteiger partial charge in [0.2, 0.25) is 0 Å². The summed E-state index contributed by atoms with van der Waals surface area (Å²) in [5.74, 6) is -0.355. The Balaban J connectivity index is 0.00000337. The predicted molar refractivity (Wildman–Crippen MR) is 145 cm³/mol. The van der Waals surface area contributed by atoms with Crippen LogP contribution in [0, 0.1) is 6.92 Å². The van der Waals surface area contributed by atoms with E-state index < -0.39 is 46.5 Å². The number of carbonyl (C=O) groups is 1. The van der Waals surface area contributed by atoms with Gasteiger partial charge in [0.05, 0.1) is 39.3 Å². The van der Waals surface area contributed by atoms with Crippen LogP contribution in [0.3, 0.4) is 0 Å². The Bertz CT molecular complexity index is 2000. The fourth-order valence-electron chi connectivity index (χ4n) is 3.80. The van der Waals surface area contributed by atoms with E-state index in [0.29, 0.717) is 41.3 Å². The van der Waals surface area contributed by atoms with Crippen molar-refractivity contribution in [2.24, 2.45) is 20.5 Å². The van der Waals surface area contributed by atoms with Gasteiger partial charge in [0.15, 0.2) is 0 Å². The summed E-state index contributed by atoms with van der Waals surface area (Å²) < 4.78 is 80.5. The maximum absolute atomic E-state index is 12.0. The predicted octanol–water partition coefficient (Wildman–Crippen LogP) is -1.37. The van der Waals surface area contributed by atoms with E-state index >= 15 is 0 Å². The number of azo groups is 2. The second-order valence-electron chi connectivity index (χ2n) is 8.50. The molecule has 3 N–H and O–H groups in total. The SMILES string of the molecule is COc1cc(N=Nc2ccc(OC=O)cc2)c(C)cc1N=Nc1cc(S(=O)(=O)[O-])c2cc(S(=O)(=O)[O-])cc(O)c2c1N.[Na+].[Na+]. The number of nitrogens with zero attached hydrogens (tertiary/aromatic N) is 4. The van der Waals surface area contributed by atoms with Gasteiger partial charge in [0.1, 0.15) is 48.9 Å². The van der Waals surface area contributed by atoms with Gasteiger partial charge in [-0.15, -0.1) is 10.2 Å². The summed E-state index contributed by atoms with van der Waals surface area (Å²) in [7, 11) is -9.05. The zero-order valence-corrected chi connectivity index (χ0v) is 29.2. The number of phenolic OH excluding ortho intramolecular Hbond substituents is 1. The number of nitrogen functional groups attached to an aromatic ring is 1. The number of aryl methyl sites for hydroxylation is 1. The molecule has 0 aromatic heterocycles. The number of carbonyl (C=O) groups excluding carboxylic acids is 1. The number of benzene rings is 4. The molecule has 4 aromatic rings. The first-order valence-corrected chi connectivity index (χ1v) is 14.3. The minimum Gasteiger partial charge on any atom is -0.744 e. The Hall–Kier alpha value is -2.97. The molecule has 0 bridgehead atoms. The minimum atomic E-state index is -5.28. The zero-order valence-electron chi connectivity index (χ0n) is 23.6. The molecule has 0 atom stereocenters. The molecular formula is C25H19N5Na2O10S2. The number of hydrogen-bond donors (Lipinski definition) is 2. The van der Waals surface area contributed by atoms with Gasteiger partial charge in [-0.2, -0.15) is 10.2 Å². The smallest absolute Gasteiger partial charge is 0.744 e. The Labute approximate surface area is 295 Å². The molecule has 0 radical (unpaired) electrons. The van der Waals surface area contributed by atoms with E-state index in [2.05, 4.69) is 20.5 Å². The number of methoxy groups -OCH3 is 1. The molecule has 4 rings (SSSR count). The van der Waals surface area contributed by atoms with E-state index in [1.165, 1.54) is 31.4 Å². The number of ether oxygens (including phenoxy) is 2. The summed E-state index contributed by atoms with van der Waals surface area (Å²) in [6.45, 7) is 1.99. The fraction of sp³-hybridized carbons (Fsp3) is 0.0800. The van der Waals surface area contributed by atoms with Crippen molar-refractivity contribution in [1.82, 2.24) is 0 Å². The van der Waals surface area contributed by atoms with Crippen molar-refractivity contribution in [3.63, 3.8) is 0 Å². The molecule has 19 heteroatoms. The van der Waals surface area contributed by atoms with Gasteiger partial charge in [-0.3, -0.25) is 4.79 Å². The third kappa shape index (κ3) is 8.39. The zero-order chi connectivity index (χ0) is 30.8. The molecule has 0 saturated carbocycles. The van der Waals surface area contributed by atoms with E-state index in [4.69, 9.17) is 15.2 Å². The van der Waals surface area contributed by atoms with Gasteiger partial charge in [0.25, 0.3) is 6.47 Å². The normalized spacial score (nSPS) is 11.7. The fourth-order valence-corrected chi connectivity index (χ4v) is 5.00. The van der Waals surface area contributed by atoms with Crippen molar-refractivity contribution < 1.29 is 104 Å². The summed E-state index contributed by atoms with van der Waals surface area (Å²) in [5, 5.41) is 25.7. The van der Waals surface area contributed by atoms with Gasteiger partial charge in [0, 0.05) is 11.5 Å². The number of rotatable bonds is 9. The molecule has 44 heavy (non-hydrogen) atoms. The first-order valence-electron chi connectivity index (χ1n) is 11.5. The first kappa shape index (κ1) is 37.2. The van der Waals surface area contributed by atoms with Crippen molar-refractivity contribution >= 4 is 65.9 Å². The van der Waals surface area contributed by atoms with Crippen molar-refractivity contribution in [2.45, 2.75) is 16.7 Å². The molecule has 0 heterocycles. The van der Waals surface area contributed by atoms with Crippen LogP contribution in [0.5, 0.6) is 17.2 Å². The van der Waals surface area contributed by atoms with Gasteiger partial charge in [-0.05, 0) is 61.0 Å². The second kappa shape index (κ2) is 14.9. The van der Waals surface area contributed by atoms with Crippen LogP contribution in [0.2, 0.25) is 0 Å². The first-order chi connectivity index (χ1) is 19.7. The van der Waals surface area contributed by atoms with Crippen molar-refractivity contribution in [1.29, 1.82) is 0 Å². The molecular weight excluding hydrogens is 640 g/mol. The maximum atomic E-state index is 12.0. The number of fused-ring (bicyclic) bond motifs is 1. The minimum absolute atomic E-state index is 0. The summed E-state index contributed by atoms with van der Waals surface area (Å²) >= 11 is 0. The third-order valence-corrected chi connectivity index (χ3v) is 7.47. The molecule has 0 aliphatic heterocycles. The van der Waals surface area contributed by atoms with Gasteiger partial charge >= 0.3 is 59.1 Å². The van der Waals surface area contributed by atoms with Crippen LogP contribution >= 0.6 is 0 Å². The largest absolute Gasteiger partial charge is 1.00 e. The van der Waals surface area contributed by atoms with Gasteiger partial charge in [-0.1, -0.05) is 0 Å². The van der Waals surface area contributed by atoms with E-state index in [-0.39, 0.29) is 81.9 Å². The standard InChI is InChI=1S/C25H21N5O10S2.2Na/c1-13-7-19(22(39-2)10-18(13)28-27-14-3-5-15(6-4-14)40-12-31)29-30-20-11-23(42(36,37)38)17-8-16(41(33,34)35)9-21(32)24(17)25(20)26;;/h3-12,32H,26H2,1-2H3,(H,33,34,35)(H,36,37,38);;/q;2*+1/p-2. The average Bonchev–Trinajstić information content (AvgIpc) is 2.91. The van der Waals surface area contributed by atoms with Crippen LogP contribution in [-0.4, -0.2) is 44.6 Å². The molecule has 0 aliphatic carbocycles. The number of phenols is 1. The summed E-state index contributed by atoms with van der Waals surface area (Å²) in [6, 6.07) is 11.2.